The van der Waals surface area contributed by atoms with Crippen LogP contribution < -0.4 is 5.73 Å². The lowest BCUT2D eigenvalue weighted by molar-refractivity contribution is -0.129. The molecule has 2 rings (SSSR count). The van der Waals surface area contributed by atoms with Gasteiger partial charge in [0.2, 0.25) is 5.91 Å². The maximum absolute atomic E-state index is 12.9. The van der Waals surface area contributed by atoms with Crippen LogP contribution >= 0.6 is 0 Å². The minimum Gasteiger partial charge on any atom is -0.398 e. The van der Waals surface area contributed by atoms with Gasteiger partial charge in [0.15, 0.2) is 0 Å². The SMILES string of the molecule is CC(C)N(C(=O)/C=C(\c1ccccc1)c1ccccc1N)C(C)C. The zero-order valence-corrected chi connectivity index (χ0v) is 14.9. The first-order chi connectivity index (χ1) is 11.4. The minimum absolute atomic E-state index is 0.00195. The predicted molar refractivity (Wildman–Crippen MR) is 101 cm³/mol. The zero-order valence-electron chi connectivity index (χ0n) is 14.9. The molecule has 0 bridgehead atoms. The second-order valence-corrected chi connectivity index (χ2v) is 6.44. The fourth-order valence-corrected chi connectivity index (χ4v) is 2.98. The number of carbonyl (C=O) groups excluding carboxylic acids is 1. The van der Waals surface area contributed by atoms with Crippen molar-refractivity contribution in [2.45, 2.75) is 39.8 Å². The van der Waals surface area contributed by atoms with Crippen LogP contribution in [-0.4, -0.2) is 22.9 Å². The molecule has 0 heterocycles. The second kappa shape index (κ2) is 7.82. The first kappa shape index (κ1) is 17.8. The van der Waals surface area contributed by atoms with E-state index in [2.05, 4.69) is 0 Å². The third kappa shape index (κ3) is 4.05. The summed E-state index contributed by atoms with van der Waals surface area (Å²) in [4.78, 5) is 14.8. The summed E-state index contributed by atoms with van der Waals surface area (Å²) in [6.45, 7) is 8.13. The number of anilines is 1. The molecule has 0 aliphatic heterocycles. The van der Waals surface area contributed by atoms with E-state index in [0.29, 0.717) is 5.69 Å². The highest BCUT2D eigenvalue weighted by Crippen LogP contribution is 2.28. The number of hydrogen-bond acceptors (Lipinski definition) is 2. The third-order valence-electron chi connectivity index (χ3n) is 3.97. The fourth-order valence-electron chi connectivity index (χ4n) is 2.98. The molecule has 2 aromatic carbocycles. The van der Waals surface area contributed by atoms with Gasteiger partial charge in [0, 0.05) is 29.4 Å². The minimum atomic E-state index is 0.00195. The monoisotopic (exact) mass is 322 g/mol. The van der Waals surface area contributed by atoms with Crippen LogP contribution in [0.5, 0.6) is 0 Å². The number of benzene rings is 2. The van der Waals surface area contributed by atoms with Crippen molar-refractivity contribution in [1.29, 1.82) is 0 Å². The Morgan fingerprint density at radius 2 is 1.46 bits per heavy atom. The summed E-state index contributed by atoms with van der Waals surface area (Å²) in [5.41, 5.74) is 9.55. The number of rotatable bonds is 5. The van der Waals surface area contributed by atoms with E-state index in [0.717, 1.165) is 16.7 Å². The summed E-state index contributed by atoms with van der Waals surface area (Å²) in [7, 11) is 0. The Bertz CT molecular complexity index is 710. The molecule has 0 radical (unpaired) electrons. The van der Waals surface area contributed by atoms with Crippen LogP contribution in [0.4, 0.5) is 5.69 Å². The van der Waals surface area contributed by atoms with E-state index in [4.69, 9.17) is 5.73 Å². The zero-order chi connectivity index (χ0) is 17.7. The van der Waals surface area contributed by atoms with E-state index in [-0.39, 0.29) is 18.0 Å². The van der Waals surface area contributed by atoms with Gasteiger partial charge in [-0.15, -0.1) is 0 Å². The molecular weight excluding hydrogens is 296 g/mol. The normalized spacial score (nSPS) is 11.8. The van der Waals surface area contributed by atoms with Crippen molar-refractivity contribution >= 4 is 17.2 Å². The Hall–Kier alpha value is -2.55. The van der Waals surface area contributed by atoms with Gasteiger partial charge in [-0.1, -0.05) is 48.5 Å². The van der Waals surface area contributed by atoms with Crippen molar-refractivity contribution < 1.29 is 4.79 Å². The summed E-state index contributed by atoms with van der Waals surface area (Å²) in [5, 5.41) is 0. The average molecular weight is 322 g/mol. The van der Waals surface area contributed by atoms with Gasteiger partial charge in [-0.25, -0.2) is 0 Å². The van der Waals surface area contributed by atoms with Crippen molar-refractivity contribution in [2.24, 2.45) is 0 Å². The van der Waals surface area contributed by atoms with Crippen LogP contribution in [0.1, 0.15) is 38.8 Å². The standard InChI is InChI=1S/C21H26N2O/c1-15(2)23(16(3)4)21(24)14-19(17-10-6-5-7-11-17)18-12-8-9-13-20(18)22/h5-16H,22H2,1-4H3/b19-14+. The summed E-state index contributed by atoms with van der Waals surface area (Å²) in [6.07, 6.45) is 1.71. The van der Waals surface area contributed by atoms with Gasteiger partial charge in [0.05, 0.1) is 0 Å². The Kier molecular flexibility index (Phi) is 5.80. The summed E-state index contributed by atoms with van der Waals surface area (Å²) >= 11 is 0. The fraction of sp³-hybridized carbons (Fsp3) is 0.286. The maximum Gasteiger partial charge on any atom is 0.247 e. The number of carbonyl (C=O) groups is 1. The van der Waals surface area contributed by atoms with Gasteiger partial charge in [-0.3, -0.25) is 4.79 Å². The van der Waals surface area contributed by atoms with E-state index in [1.807, 2.05) is 87.2 Å². The maximum atomic E-state index is 12.9. The number of para-hydroxylation sites is 1. The van der Waals surface area contributed by atoms with Crippen LogP contribution in [0.25, 0.3) is 5.57 Å². The molecule has 0 atom stereocenters. The summed E-state index contributed by atoms with van der Waals surface area (Å²) in [5.74, 6) is 0.00195. The molecule has 0 aliphatic carbocycles. The van der Waals surface area contributed by atoms with Crippen LogP contribution in [-0.2, 0) is 4.79 Å². The Labute approximate surface area is 144 Å². The molecule has 3 heteroatoms. The lowest BCUT2D eigenvalue weighted by atomic mass is 9.95. The van der Waals surface area contributed by atoms with Crippen molar-refractivity contribution in [3.05, 3.63) is 71.8 Å². The Balaban J connectivity index is 2.55. The first-order valence-corrected chi connectivity index (χ1v) is 8.36. The van der Waals surface area contributed by atoms with Crippen molar-refractivity contribution in [1.82, 2.24) is 4.90 Å². The molecule has 1 amide bonds. The van der Waals surface area contributed by atoms with Gasteiger partial charge in [-0.05, 0) is 44.9 Å². The molecule has 0 aromatic heterocycles. The summed E-state index contributed by atoms with van der Waals surface area (Å²) in [6, 6.07) is 17.8. The molecule has 2 N–H and O–H groups in total. The molecule has 0 aliphatic rings. The van der Waals surface area contributed by atoms with E-state index in [1.54, 1.807) is 6.08 Å². The number of nitrogen functional groups attached to an aromatic ring is 1. The summed E-state index contributed by atoms with van der Waals surface area (Å²) < 4.78 is 0. The number of nitrogens with two attached hydrogens (primary N) is 1. The molecule has 126 valence electrons. The number of hydrogen-bond donors (Lipinski definition) is 1. The smallest absolute Gasteiger partial charge is 0.247 e. The predicted octanol–water partition coefficient (Wildman–Crippen LogP) is 4.35. The van der Waals surface area contributed by atoms with E-state index >= 15 is 0 Å². The van der Waals surface area contributed by atoms with Crippen LogP contribution in [0.2, 0.25) is 0 Å². The molecule has 0 saturated heterocycles. The molecule has 0 unspecified atom stereocenters. The first-order valence-electron chi connectivity index (χ1n) is 8.36. The quantitative estimate of drug-likeness (QED) is 0.657. The van der Waals surface area contributed by atoms with Crippen LogP contribution in [0, 0.1) is 0 Å². The molecule has 24 heavy (non-hydrogen) atoms. The van der Waals surface area contributed by atoms with Crippen molar-refractivity contribution in [3.63, 3.8) is 0 Å². The molecule has 2 aromatic rings. The van der Waals surface area contributed by atoms with Crippen LogP contribution in [0.15, 0.2) is 60.7 Å². The molecule has 3 nitrogen and oxygen atoms in total. The Morgan fingerprint density at radius 1 is 0.917 bits per heavy atom. The molecule has 0 spiro atoms. The lowest BCUT2D eigenvalue weighted by Crippen LogP contribution is -2.41. The van der Waals surface area contributed by atoms with Gasteiger partial charge in [0.1, 0.15) is 0 Å². The van der Waals surface area contributed by atoms with Gasteiger partial charge in [0.25, 0.3) is 0 Å². The second-order valence-electron chi connectivity index (χ2n) is 6.44. The topological polar surface area (TPSA) is 46.3 Å². The largest absolute Gasteiger partial charge is 0.398 e. The van der Waals surface area contributed by atoms with Crippen molar-refractivity contribution in [3.8, 4) is 0 Å². The van der Waals surface area contributed by atoms with Crippen LogP contribution in [0.3, 0.4) is 0 Å². The highest BCUT2D eigenvalue weighted by atomic mass is 16.2. The lowest BCUT2D eigenvalue weighted by Gasteiger charge is -2.30. The number of nitrogens with zero attached hydrogens (tertiary/aromatic N) is 1. The number of amides is 1. The highest BCUT2D eigenvalue weighted by Gasteiger charge is 2.20. The highest BCUT2D eigenvalue weighted by molar-refractivity contribution is 6.01. The van der Waals surface area contributed by atoms with E-state index < -0.39 is 0 Å². The van der Waals surface area contributed by atoms with Gasteiger partial charge >= 0.3 is 0 Å². The van der Waals surface area contributed by atoms with Gasteiger partial charge < -0.3 is 10.6 Å². The van der Waals surface area contributed by atoms with E-state index in [1.165, 1.54) is 0 Å². The third-order valence-corrected chi connectivity index (χ3v) is 3.97. The Morgan fingerprint density at radius 3 is 2.00 bits per heavy atom. The van der Waals surface area contributed by atoms with Crippen molar-refractivity contribution in [2.75, 3.05) is 5.73 Å². The van der Waals surface area contributed by atoms with Gasteiger partial charge in [-0.2, -0.15) is 0 Å². The average Bonchev–Trinajstić information content (AvgIpc) is 2.53. The molecule has 0 fully saturated rings. The van der Waals surface area contributed by atoms with E-state index in [9.17, 15) is 4.79 Å². The molecular formula is C21H26N2O. The molecule has 0 saturated carbocycles.